The summed E-state index contributed by atoms with van der Waals surface area (Å²) in [6.07, 6.45) is 1.53. The predicted molar refractivity (Wildman–Crippen MR) is 140 cm³/mol. The van der Waals surface area contributed by atoms with Gasteiger partial charge in [-0.05, 0) is 36.4 Å². The number of para-hydroxylation sites is 3. The quantitative estimate of drug-likeness (QED) is 0.378. The third-order valence-corrected chi connectivity index (χ3v) is 8.26. The first-order valence-electron chi connectivity index (χ1n) is 11.9. The summed E-state index contributed by atoms with van der Waals surface area (Å²) in [4.78, 5) is 21.2. The van der Waals surface area contributed by atoms with Gasteiger partial charge in [-0.15, -0.1) is 0 Å². The minimum Gasteiger partial charge on any atom is -0.495 e. The third kappa shape index (κ3) is 4.99. The highest BCUT2D eigenvalue weighted by molar-refractivity contribution is 7.90. The van der Waals surface area contributed by atoms with E-state index in [1.165, 1.54) is 24.4 Å². The number of carbonyl (C=O) groups is 1. The Morgan fingerprint density at radius 2 is 1.73 bits per heavy atom. The maximum atomic E-state index is 15.0. The summed E-state index contributed by atoms with van der Waals surface area (Å²) in [5.74, 6) is -0.767. The zero-order valence-electron chi connectivity index (χ0n) is 20.3. The van der Waals surface area contributed by atoms with Crippen LogP contribution in [0.2, 0.25) is 0 Å². The molecular weight excluding hydrogens is 493 g/mol. The Hall–Kier alpha value is -3.98. The van der Waals surface area contributed by atoms with E-state index < -0.39 is 21.4 Å². The minimum atomic E-state index is -3.87. The standard InChI is InChI=1S/C28H26FN3O4S/c1-36-25-9-3-2-8-24(25)31-14-16-32(17-15-31)28(33)21-11-12-22(23(29)18-21)19-37(34,35)26-10-4-6-20-7-5-13-30-27(20)26/h2-13,18H,14-17,19H2,1H3. The van der Waals surface area contributed by atoms with E-state index >= 15 is 4.39 Å². The Kier molecular flexibility index (Phi) is 6.80. The lowest BCUT2D eigenvalue weighted by molar-refractivity contribution is 0.0746. The minimum absolute atomic E-state index is 0.00507. The van der Waals surface area contributed by atoms with Crippen LogP contribution < -0.4 is 9.64 Å². The van der Waals surface area contributed by atoms with Gasteiger partial charge in [0.1, 0.15) is 11.6 Å². The average Bonchev–Trinajstić information content (AvgIpc) is 2.93. The first kappa shape index (κ1) is 24.7. The molecule has 0 N–H and O–H groups in total. The Morgan fingerprint density at radius 1 is 0.973 bits per heavy atom. The van der Waals surface area contributed by atoms with Gasteiger partial charge in [0.15, 0.2) is 9.84 Å². The second-order valence-corrected chi connectivity index (χ2v) is 10.8. The number of ether oxygens (including phenoxy) is 1. The van der Waals surface area contributed by atoms with Crippen LogP contribution in [0.3, 0.4) is 0 Å². The van der Waals surface area contributed by atoms with Crippen LogP contribution in [0.25, 0.3) is 10.9 Å². The second-order valence-electron chi connectivity index (χ2n) is 8.85. The van der Waals surface area contributed by atoms with Gasteiger partial charge in [0.2, 0.25) is 0 Å². The van der Waals surface area contributed by atoms with Crippen LogP contribution in [0.5, 0.6) is 5.75 Å². The van der Waals surface area contributed by atoms with Crippen molar-refractivity contribution in [1.29, 1.82) is 0 Å². The highest BCUT2D eigenvalue weighted by atomic mass is 32.2. The molecule has 0 spiro atoms. The van der Waals surface area contributed by atoms with Crippen molar-refractivity contribution < 1.29 is 22.3 Å². The van der Waals surface area contributed by atoms with E-state index in [4.69, 9.17) is 4.74 Å². The monoisotopic (exact) mass is 519 g/mol. The van der Waals surface area contributed by atoms with Crippen LogP contribution in [-0.2, 0) is 15.6 Å². The lowest BCUT2D eigenvalue weighted by atomic mass is 10.1. The number of hydrogen-bond donors (Lipinski definition) is 0. The van der Waals surface area contributed by atoms with Crippen molar-refractivity contribution in [1.82, 2.24) is 9.88 Å². The van der Waals surface area contributed by atoms with Crippen molar-refractivity contribution in [2.24, 2.45) is 0 Å². The lowest BCUT2D eigenvalue weighted by Crippen LogP contribution is -2.48. The predicted octanol–water partition coefficient (Wildman–Crippen LogP) is 4.32. The van der Waals surface area contributed by atoms with Gasteiger partial charge in [0.25, 0.3) is 5.91 Å². The van der Waals surface area contributed by atoms with Crippen molar-refractivity contribution in [2.75, 3.05) is 38.2 Å². The smallest absolute Gasteiger partial charge is 0.254 e. The number of sulfone groups is 1. The number of benzene rings is 3. The van der Waals surface area contributed by atoms with Crippen LogP contribution >= 0.6 is 0 Å². The first-order chi connectivity index (χ1) is 17.9. The normalized spacial score (nSPS) is 14.1. The summed E-state index contributed by atoms with van der Waals surface area (Å²) < 4.78 is 46.7. The second kappa shape index (κ2) is 10.2. The summed E-state index contributed by atoms with van der Waals surface area (Å²) in [5, 5.41) is 0.691. The van der Waals surface area contributed by atoms with Crippen molar-refractivity contribution >= 4 is 32.3 Å². The van der Waals surface area contributed by atoms with Gasteiger partial charge >= 0.3 is 0 Å². The summed E-state index contributed by atoms with van der Waals surface area (Å²) >= 11 is 0. The third-order valence-electron chi connectivity index (χ3n) is 6.57. The molecule has 5 rings (SSSR count). The zero-order valence-corrected chi connectivity index (χ0v) is 21.1. The molecule has 1 aliphatic rings. The van der Waals surface area contributed by atoms with E-state index in [-0.39, 0.29) is 21.9 Å². The van der Waals surface area contributed by atoms with Crippen LogP contribution in [0.15, 0.2) is 83.9 Å². The Morgan fingerprint density at radius 3 is 2.49 bits per heavy atom. The molecule has 1 fully saturated rings. The number of fused-ring (bicyclic) bond motifs is 1. The number of piperazine rings is 1. The van der Waals surface area contributed by atoms with E-state index in [1.54, 1.807) is 36.3 Å². The van der Waals surface area contributed by atoms with Crippen molar-refractivity contribution in [3.8, 4) is 5.75 Å². The van der Waals surface area contributed by atoms with Crippen LogP contribution in [0.4, 0.5) is 10.1 Å². The molecule has 9 heteroatoms. The lowest BCUT2D eigenvalue weighted by Gasteiger charge is -2.36. The van der Waals surface area contributed by atoms with E-state index in [1.807, 2.05) is 24.3 Å². The summed E-state index contributed by atoms with van der Waals surface area (Å²) in [6.45, 7) is 2.18. The molecule has 7 nitrogen and oxygen atoms in total. The van der Waals surface area contributed by atoms with Gasteiger partial charge in [0.05, 0.1) is 29.0 Å². The van der Waals surface area contributed by atoms with Gasteiger partial charge in [-0.3, -0.25) is 9.78 Å². The molecular formula is C28H26FN3O4S. The van der Waals surface area contributed by atoms with Crippen molar-refractivity contribution in [3.05, 3.63) is 95.9 Å². The maximum absolute atomic E-state index is 15.0. The molecule has 37 heavy (non-hydrogen) atoms. The first-order valence-corrected chi connectivity index (χ1v) is 13.5. The fourth-order valence-corrected chi connectivity index (χ4v) is 6.18. The molecule has 0 radical (unpaired) electrons. The summed E-state index contributed by atoms with van der Waals surface area (Å²) in [6, 6.07) is 20.1. The number of aromatic nitrogens is 1. The van der Waals surface area contributed by atoms with Gasteiger partial charge in [-0.1, -0.05) is 36.4 Å². The molecule has 0 unspecified atom stereocenters. The van der Waals surface area contributed by atoms with Crippen LogP contribution in [-0.4, -0.2) is 57.5 Å². The molecule has 0 atom stereocenters. The fourth-order valence-electron chi connectivity index (χ4n) is 4.63. The summed E-state index contributed by atoms with van der Waals surface area (Å²) in [5.41, 5.74) is 1.52. The molecule has 3 aromatic carbocycles. The van der Waals surface area contributed by atoms with Crippen molar-refractivity contribution in [2.45, 2.75) is 10.6 Å². The average molecular weight is 520 g/mol. The van der Waals surface area contributed by atoms with Gasteiger partial charge in [-0.2, -0.15) is 0 Å². The molecule has 190 valence electrons. The van der Waals surface area contributed by atoms with Gasteiger partial charge in [-0.25, -0.2) is 12.8 Å². The Labute approximate surface area is 215 Å². The fraction of sp³-hybridized carbons (Fsp3) is 0.214. The molecule has 0 bridgehead atoms. The summed E-state index contributed by atoms with van der Waals surface area (Å²) in [7, 11) is -2.24. The molecule has 4 aromatic rings. The Bertz CT molecular complexity index is 1560. The highest BCUT2D eigenvalue weighted by Gasteiger charge is 2.25. The van der Waals surface area contributed by atoms with Crippen LogP contribution in [0, 0.1) is 5.82 Å². The number of methoxy groups -OCH3 is 1. The molecule has 1 saturated heterocycles. The number of carbonyl (C=O) groups excluding carboxylic acids is 1. The number of hydrogen-bond acceptors (Lipinski definition) is 6. The highest BCUT2D eigenvalue weighted by Crippen LogP contribution is 2.29. The molecule has 0 aliphatic carbocycles. The topological polar surface area (TPSA) is 79.8 Å². The molecule has 0 saturated carbocycles. The Balaban J connectivity index is 1.29. The molecule has 1 amide bonds. The molecule has 1 aromatic heterocycles. The van der Waals surface area contributed by atoms with Gasteiger partial charge < -0.3 is 14.5 Å². The van der Waals surface area contributed by atoms with E-state index in [9.17, 15) is 13.2 Å². The number of rotatable bonds is 6. The zero-order chi connectivity index (χ0) is 26.0. The number of nitrogens with zero attached hydrogens (tertiary/aromatic N) is 3. The number of pyridine rings is 1. The number of halogens is 1. The van der Waals surface area contributed by atoms with Gasteiger partial charge in [0, 0.05) is 48.9 Å². The van der Waals surface area contributed by atoms with Crippen molar-refractivity contribution in [3.63, 3.8) is 0 Å². The molecule has 1 aliphatic heterocycles. The van der Waals surface area contributed by atoms with E-state index in [2.05, 4.69) is 9.88 Å². The largest absolute Gasteiger partial charge is 0.495 e. The maximum Gasteiger partial charge on any atom is 0.254 e. The number of amides is 1. The molecule has 2 heterocycles. The van der Waals surface area contributed by atoms with E-state index in [0.29, 0.717) is 37.1 Å². The SMILES string of the molecule is COc1ccccc1N1CCN(C(=O)c2ccc(CS(=O)(=O)c3cccc4cccnc34)c(F)c2)CC1. The number of anilines is 1. The van der Waals surface area contributed by atoms with E-state index in [0.717, 1.165) is 17.5 Å². The van der Waals surface area contributed by atoms with Crippen LogP contribution in [0.1, 0.15) is 15.9 Å².